The first-order chi connectivity index (χ1) is 6.20. The van der Waals surface area contributed by atoms with Gasteiger partial charge in [0.2, 0.25) is 5.91 Å². The molecule has 0 aromatic heterocycles. The van der Waals surface area contributed by atoms with Crippen LogP contribution in [-0.2, 0) is 9.53 Å². The second-order valence-electron chi connectivity index (χ2n) is 2.62. The lowest BCUT2D eigenvalue weighted by Gasteiger charge is -2.08. The van der Waals surface area contributed by atoms with Gasteiger partial charge in [-0.15, -0.1) is 11.6 Å². The predicted octanol–water partition coefficient (Wildman–Crippen LogP) is 1.11. The van der Waals surface area contributed by atoms with E-state index in [-0.39, 0.29) is 11.3 Å². The van der Waals surface area contributed by atoms with Crippen molar-refractivity contribution in [2.75, 3.05) is 32.3 Å². The Morgan fingerprint density at radius 2 is 2.38 bits per heavy atom. The summed E-state index contributed by atoms with van der Waals surface area (Å²) in [5, 5.41) is 2.76. The molecule has 78 valence electrons. The van der Waals surface area contributed by atoms with Crippen molar-refractivity contribution in [2.45, 2.75) is 11.8 Å². The first-order valence-corrected chi connectivity index (χ1v) is 5.92. The number of halogens is 1. The molecule has 0 saturated heterocycles. The van der Waals surface area contributed by atoms with Crippen molar-refractivity contribution in [3.8, 4) is 0 Å². The number of thioether (sulfide) groups is 1. The predicted molar refractivity (Wildman–Crippen MR) is 57.5 cm³/mol. The number of nitrogens with one attached hydrogen (secondary N) is 1. The van der Waals surface area contributed by atoms with E-state index in [1.807, 2.05) is 6.26 Å². The molecule has 1 atom stereocenters. The molecular formula is C8H16ClNO2S. The molecule has 1 N–H and O–H groups in total. The maximum Gasteiger partial charge on any atom is 0.229 e. The number of rotatable bonds is 7. The molecule has 1 amide bonds. The summed E-state index contributed by atoms with van der Waals surface area (Å²) in [6, 6.07) is 0. The van der Waals surface area contributed by atoms with Gasteiger partial charge in [-0.2, -0.15) is 11.8 Å². The van der Waals surface area contributed by atoms with E-state index >= 15 is 0 Å². The lowest BCUT2D eigenvalue weighted by molar-refractivity contribution is -0.118. The van der Waals surface area contributed by atoms with Crippen LogP contribution in [0.2, 0.25) is 0 Å². The highest BCUT2D eigenvalue weighted by Crippen LogP contribution is 2.00. The number of hydrogen-bond acceptors (Lipinski definition) is 3. The number of carbonyl (C=O) groups excluding carboxylic acids is 1. The Bertz CT molecular complexity index is 146. The highest BCUT2D eigenvalue weighted by atomic mass is 35.5. The summed E-state index contributed by atoms with van der Waals surface area (Å²) >= 11 is 7.37. The van der Waals surface area contributed by atoms with E-state index in [9.17, 15) is 4.79 Å². The minimum Gasteiger partial charge on any atom is -0.383 e. The standard InChI is InChI=1S/C8H16ClNO2S/c1-12-5-7(9)3-4-10-8(11)6-13-2/h7H,3-6H2,1-2H3,(H,10,11). The highest BCUT2D eigenvalue weighted by molar-refractivity contribution is 7.99. The molecule has 0 aliphatic carbocycles. The van der Waals surface area contributed by atoms with E-state index in [2.05, 4.69) is 5.32 Å². The smallest absolute Gasteiger partial charge is 0.229 e. The quantitative estimate of drug-likeness (QED) is 0.660. The number of carbonyl (C=O) groups is 1. The SMILES string of the molecule is COCC(Cl)CCNC(=O)CSC. The van der Waals surface area contributed by atoms with Crippen LogP contribution in [0.1, 0.15) is 6.42 Å². The zero-order valence-electron chi connectivity index (χ0n) is 8.01. The van der Waals surface area contributed by atoms with Crippen molar-refractivity contribution in [1.29, 1.82) is 0 Å². The largest absolute Gasteiger partial charge is 0.383 e. The molecular weight excluding hydrogens is 210 g/mol. The number of methoxy groups -OCH3 is 1. The third-order valence-corrected chi connectivity index (χ3v) is 2.30. The molecule has 0 spiro atoms. The molecule has 0 aliphatic heterocycles. The Kier molecular flexibility index (Phi) is 8.71. The topological polar surface area (TPSA) is 38.3 Å². The normalized spacial score (nSPS) is 12.5. The molecule has 0 radical (unpaired) electrons. The number of amides is 1. The Morgan fingerprint density at radius 1 is 1.69 bits per heavy atom. The van der Waals surface area contributed by atoms with Gasteiger partial charge in [0.25, 0.3) is 0 Å². The minimum absolute atomic E-state index is 0.0143. The Balaban J connectivity index is 3.28. The summed E-state index contributed by atoms with van der Waals surface area (Å²) < 4.78 is 4.86. The zero-order valence-corrected chi connectivity index (χ0v) is 9.58. The molecule has 5 heteroatoms. The van der Waals surface area contributed by atoms with Crippen molar-refractivity contribution < 1.29 is 9.53 Å². The molecule has 0 heterocycles. The maximum atomic E-state index is 11.0. The van der Waals surface area contributed by atoms with Crippen molar-refractivity contribution in [1.82, 2.24) is 5.32 Å². The lowest BCUT2D eigenvalue weighted by Crippen LogP contribution is -2.28. The molecule has 0 fully saturated rings. The van der Waals surface area contributed by atoms with Crippen LogP contribution in [0.4, 0.5) is 0 Å². The lowest BCUT2D eigenvalue weighted by atomic mass is 10.3. The van der Waals surface area contributed by atoms with E-state index in [1.54, 1.807) is 7.11 Å². The minimum atomic E-state index is -0.0143. The third-order valence-electron chi connectivity index (χ3n) is 1.40. The first kappa shape index (κ1) is 13.1. The first-order valence-electron chi connectivity index (χ1n) is 4.09. The fourth-order valence-electron chi connectivity index (χ4n) is 0.815. The molecule has 0 aromatic carbocycles. The van der Waals surface area contributed by atoms with Crippen molar-refractivity contribution in [3.05, 3.63) is 0 Å². The van der Waals surface area contributed by atoms with Gasteiger partial charge in [-0.1, -0.05) is 0 Å². The summed E-state index contributed by atoms with van der Waals surface area (Å²) in [5.41, 5.74) is 0. The summed E-state index contributed by atoms with van der Waals surface area (Å²) in [5.74, 6) is 0.575. The number of alkyl halides is 1. The van der Waals surface area contributed by atoms with Gasteiger partial charge in [-0.05, 0) is 12.7 Å². The molecule has 0 bridgehead atoms. The molecule has 0 rings (SSSR count). The third kappa shape index (κ3) is 8.40. The van der Waals surface area contributed by atoms with Crippen LogP contribution in [0.25, 0.3) is 0 Å². The van der Waals surface area contributed by atoms with E-state index in [1.165, 1.54) is 11.8 Å². The van der Waals surface area contributed by atoms with Gasteiger partial charge in [0, 0.05) is 13.7 Å². The van der Waals surface area contributed by atoms with Gasteiger partial charge in [0.1, 0.15) is 0 Å². The Labute approximate surface area is 88.5 Å². The molecule has 13 heavy (non-hydrogen) atoms. The van der Waals surface area contributed by atoms with Crippen LogP contribution < -0.4 is 5.32 Å². The van der Waals surface area contributed by atoms with Gasteiger partial charge in [-0.3, -0.25) is 4.79 Å². The van der Waals surface area contributed by atoms with Gasteiger partial charge >= 0.3 is 0 Å². The summed E-state index contributed by atoms with van der Waals surface area (Å²) in [4.78, 5) is 11.0. The van der Waals surface area contributed by atoms with Crippen molar-refractivity contribution >= 4 is 29.3 Å². The van der Waals surface area contributed by atoms with Gasteiger partial charge in [-0.25, -0.2) is 0 Å². The molecule has 1 unspecified atom stereocenters. The van der Waals surface area contributed by atoms with Crippen LogP contribution >= 0.6 is 23.4 Å². The zero-order chi connectivity index (χ0) is 10.1. The van der Waals surface area contributed by atoms with Crippen molar-refractivity contribution in [3.63, 3.8) is 0 Å². The highest BCUT2D eigenvalue weighted by Gasteiger charge is 2.04. The van der Waals surface area contributed by atoms with Gasteiger partial charge < -0.3 is 10.1 Å². The van der Waals surface area contributed by atoms with E-state index in [0.717, 1.165) is 6.42 Å². The molecule has 0 aliphatic rings. The fourth-order valence-corrected chi connectivity index (χ4v) is 1.41. The van der Waals surface area contributed by atoms with E-state index in [4.69, 9.17) is 16.3 Å². The van der Waals surface area contributed by atoms with Crippen LogP contribution in [0, 0.1) is 0 Å². The summed E-state index contributed by atoms with van der Waals surface area (Å²) in [6.45, 7) is 1.15. The average Bonchev–Trinajstić information content (AvgIpc) is 2.05. The molecule has 3 nitrogen and oxygen atoms in total. The van der Waals surface area contributed by atoms with E-state index < -0.39 is 0 Å². The van der Waals surface area contributed by atoms with Crippen LogP contribution in [0.15, 0.2) is 0 Å². The van der Waals surface area contributed by atoms with Crippen LogP contribution in [0.3, 0.4) is 0 Å². The molecule has 0 saturated carbocycles. The van der Waals surface area contributed by atoms with E-state index in [0.29, 0.717) is 18.9 Å². The molecule has 0 aromatic rings. The van der Waals surface area contributed by atoms with Crippen LogP contribution in [-0.4, -0.2) is 43.6 Å². The van der Waals surface area contributed by atoms with Crippen molar-refractivity contribution in [2.24, 2.45) is 0 Å². The Morgan fingerprint density at radius 3 is 2.92 bits per heavy atom. The second kappa shape index (κ2) is 8.66. The Hall–Kier alpha value is 0.0700. The van der Waals surface area contributed by atoms with Gasteiger partial charge in [0.05, 0.1) is 17.7 Å². The number of hydrogen-bond donors (Lipinski definition) is 1. The number of ether oxygens (including phenoxy) is 1. The monoisotopic (exact) mass is 225 g/mol. The summed E-state index contributed by atoms with van der Waals surface area (Å²) in [7, 11) is 1.61. The second-order valence-corrected chi connectivity index (χ2v) is 4.11. The average molecular weight is 226 g/mol. The van der Waals surface area contributed by atoms with Gasteiger partial charge in [0.15, 0.2) is 0 Å². The fraction of sp³-hybridized carbons (Fsp3) is 0.875. The maximum absolute atomic E-state index is 11.0. The summed E-state index contributed by atoms with van der Waals surface area (Å²) in [6.07, 6.45) is 2.64. The van der Waals surface area contributed by atoms with Crippen LogP contribution in [0.5, 0.6) is 0 Å².